The number of carboxylic acids is 1. The Labute approximate surface area is 290 Å². The van der Waals surface area contributed by atoms with Crippen LogP contribution in [0.25, 0.3) is 0 Å². The van der Waals surface area contributed by atoms with E-state index in [0.717, 1.165) is 33.3 Å². The number of halogens is 1. The van der Waals surface area contributed by atoms with E-state index in [0.29, 0.717) is 23.9 Å². The molecule has 43 heavy (non-hydrogen) atoms. The Morgan fingerprint density at radius 1 is 1.26 bits per heavy atom. The van der Waals surface area contributed by atoms with Crippen LogP contribution < -0.4 is 80.5 Å². The minimum Gasteiger partial charge on any atom is -0.872 e. The van der Waals surface area contributed by atoms with Crippen molar-refractivity contribution in [2.75, 3.05) is 19.6 Å². The first kappa shape index (κ1) is 36.7. The molecule has 1 aromatic carbocycles. The maximum Gasteiger partial charge on any atom is 1.00 e. The number of hydrazone groups is 2. The molecule has 3 aliphatic rings. The molecule has 0 spiro atoms. The first-order valence-electron chi connectivity index (χ1n) is 11.3. The van der Waals surface area contributed by atoms with Crippen LogP contribution in [0.2, 0.25) is 0 Å². The number of primary amides is 1. The molecule has 3 heterocycles. The zero-order chi connectivity index (χ0) is 30.3. The standard InChI is InChI=1S/C20H21FN8O10S2.2Na/c21-11-7-9(30)1-2-10(11)13(41(37,38)39)14(31)25-12-15(32)27-8-20(17(33)34,40-16(12)27)28-5-6-29(19(28)36)24-4-3-23-26-18(22)35;;/h1-4,7,12-13,16,30H,5-6,8H2,(H,25,31)(H,33,34)(H3,22,26,35)(H,37,38,39);;/q;2*+1/p-2/b23-3-,24-4-;;/t12-,13?,16-,20-;;/m1../s1. The summed E-state index contributed by atoms with van der Waals surface area (Å²) in [6.45, 7) is -0.705. The Balaban J connectivity index is 0.00000323. The molecule has 1 aromatic rings. The molecule has 1 unspecified atom stereocenters. The summed E-state index contributed by atoms with van der Waals surface area (Å²) >= 11 is 0.599. The summed E-state index contributed by atoms with van der Waals surface area (Å²) in [5, 5.41) is 38.6. The number of urea groups is 2. The molecule has 4 rings (SSSR count). The summed E-state index contributed by atoms with van der Waals surface area (Å²) in [5.74, 6) is -6.24. The number of benzene rings is 1. The number of fused-ring (bicyclic) bond motifs is 1. The van der Waals surface area contributed by atoms with Crippen molar-refractivity contribution in [1.82, 2.24) is 20.2 Å². The maximum absolute atomic E-state index is 14.3. The van der Waals surface area contributed by atoms with Crippen LogP contribution in [-0.4, -0.2) is 111 Å². The number of aliphatic carboxylic acids is 1. The third-order valence-corrected chi connectivity index (χ3v) is 8.86. The largest absolute Gasteiger partial charge is 1.00 e. The molecule has 5 N–H and O–H groups in total. The fourth-order valence-electron chi connectivity index (χ4n) is 4.33. The van der Waals surface area contributed by atoms with E-state index in [1.165, 1.54) is 0 Å². The number of β-lactam (4-membered cyclic amide) rings is 1. The van der Waals surface area contributed by atoms with Crippen molar-refractivity contribution in [3.05, 3.63) is 29.6 Å². The monoisotopic (exact) mass is 660 g/mol. The van der Waals surface area contributed by atoms with Crippen molar-refractivity contribution in [2.45, 2.75) is 21.5 Å². The van der Waals surface area contributed by atoms with Gasteiger partial charge in [-0.25, -0.2) is 29.2 Å². The van der Waals surface area contributed by atoms with Gasteiger partial charge in [-0.3, -0.25) is 19.2 Å². The summed E-state index contributed by atoms with van der Waals surface area (Å²) < 4.78 is 47.8. The Morgan fingerprint density at radius 3 is 2.51 bits per heavy atom. The molecule has 0 aliphatic carbocycles. The smallest absolute Gasteiger partial charge is 0.872 e. The minimum atomic E-state index is -5.32. The van der Waals surface area contributed by atoms with Crippen molar-refractivity contribution in [3.8, 4) is 5.75 Å². The number of rotatable bonds is 9. The molecule has 3 aliphatic heterocycles. The number of hydrogen-bond acceptors (Lipinski definition) is 12. The normalized spacial score (nSPS) is 24.4. The number of aliphatic imine (C=N–C) groups is 1. The van der Waals surface area contributed by atoms with E-state index in [1.807, 2.05) is 5.43 Å². The number of nitrogens with zero attached hydrogens (tertiary/aromatic N) is 6. The van der Waals surface area contributed by atoms with Gasteiger partial charge in [-0.1, -0.05) is 23.9 Å². The summed E-state index contributed by atoms with van der Waals surface area (Å²) in [5.41, 5.74) is 5.87. The van der Waals surface area contributed by atoms with Gasteiger partial charge in [-0.2, -0.15) is 18.6 Å². The number of thioether (sulfide) groups is 1. The summed E-state index contributed by atoms with van der Waals surface area (Å²) in [6, 6.07) is -1.55. The van der Waals surface area contributed by atoms with Gasteiger partial charge in [-0.15, -0.1) is 5.75 Å². The quantitative estimate of drug-likeness (QED) is 0.0482. The second kappa shape index (κ2) is 14.1. The van der Waals surface area contributed by atoms with Gasteiger partial charge in [0.2, 0.25) is 4.87 Å². The molecular weight excluding hydrogens is 641 g/mol. The zero-order valence-electron chi connectivity index (χ0n) is 22.4. The SMILES string of the molecule is NC(=O)N/N=C\C=N/N1CCN([C@]2(C(=O)O)CN3C(=O)[C@@H](N=C([O-])C(c4ccc([O-])cc4F)S(=O)(=O)O)[C@H]3S2)C1=O.[Na+].[Na+]. The fraction of sp³-hybridized carbons (Fsp3) is 0.350. The molecule has 18 nitrogen and oxygen atoms in total. The molecule has 220 valence electrons. The van der Waals surface area contributed by atoms with Gasteiger partial charge in [0.25, 0.3) is 16.0 Å². The van der Waals surface area contributed by atoms with Crippen molar-refractivity contribution in [1.29, 1.82) is 0 Å². The van der Waals surface area contributed by atoms with E-state index < -0.39 is 85.2 Å². The number of carbonyl (C=O) groups excluding carboxylic acids is 3. The molecule has 0 aromatic heterocycles. The van der Waals surface area contributed by atoms with E-state index in [1.54, 1.807) is 0 Å². The minimum absolute atomic E-state index is 0. The van der Waals surface area contributed by atoms with E-state index >= 15 is 0 Å². The number of carboxylic acid groups (broad SMARTS) is 1. The molecule has 3 saturated heterocycles. The van der Waals surface area contributed by atoms with E-state index in [4.69, 9.17) is 5.73 Å². The number of nitrogens with two attached hydrogens (primary N) is 1. The van der Waals surface area contributed by atoms with Crippen LogP contribution in [0.1, 0.15) is 10.8 Å². The van der Waals surface area contributed by atoms with Crippen molar-refractivity contribution in [3.63, 3.8) is 0 Å². The molecule has 5 amide bonds. The van der Waals surface area contributed by atoms with Gasteiger partial charge in [-0.05, 0) is 12.0 Å². The van der Waals surface area contributed by atoms with Crippen LogP contribution in [0.4, 0.5) is 14.0 Å². The predicted octanol–water partition coefficient (Wildman–Crippen LogP) is -8.96. The zero-order valence-corrected chi connectivity index (χ0v) is 28.0. The molecule has 0 bridgehead atoms. The molecule has 3 fully saturated rings. The topological polar surface area (TPSA) is 274 Å². The Hall–Kier alpha value is -2.50. The average Bonchev–Trinajstić information content (AvgIpc) is 3.42. The molecule has 23 heteroatoms. The number of carbonyl (C=O) groups is 4. The Morgan fingerprint density at radius 2 is 1.93 bits per heavy atom. The van der Waals surface area contributed by atoms with Crippen molar-refractivity contribution >= 4 is 64.1 Å². The van der Waals surface area contributed by atoms with E-state index in [2.05, 4.69) is 15.2 Å². The van der Waals surface area contributed by atoms with E-state index in [-0.39, 0.29) is 72.2 Å². The molecule has 0 saturated carbocycles. The van der Waals surface area contributed by atoms with Gasteiger partial charge in [0.1, 0.15) is 16.4 Å². The number of hydrogen-bond donors (Lipinski definition) is 4. The van der Waals surface area contributed by atoms with Crippen LogP contribution in [0, 0.1) is 5.82 Å². The van der Waals surface area contributed by atoms with Gasteiger partial charge < -0.3 is 26.0 Å². The van der Waals surface area contributed by atoms with Crippen LogP contribution in [0.15, 0.2) is 33.4 Å². The number of nitrogens with one attached hydrogen (secondary N) is 1. The average molecular weight is 661 g/mol. The summed E-state index contributed by atoms with van der Waals surface area (Å²) in [6.07, 6.45) is 2.04. The summed E-state index contributed by atoms with van der Waals surface area (Å²) in [7, 11) is -5.32. The maximum atomic E-state index is 14.3. The van der Waals surface area contributed by atoms with Crippen LogP contribution in [-0.2, 0) is 19.7 Å². The Kier molecular flexibility index (Phi) is 12.0. The van der Waals surface area contributed by atoms with E-state index in [9.17, 15) is 51.9 Å². The van der Waals surface area contributed by atoms with Gasteiger partial charge in [0, 0.05) is 12.1 Å². The third-order valence-electron chi connectivity index (χ3n) is 6.14. The predicted molar refractivity (Wildman–Crippen MR) is 133 cm³/mol. The van der Waals surface area contributed by atoms with Crippen LogP contribution >= 0.6 is 11.8 Å². The molecular formula is C20H19FN8Na2O10S2. The molecule has 0 radical (unpaired) electrons. The second-order valence-electron chi connectivity index (χ2n) is 8.63. The fourth-order valence-corrected chi connectivity index (χ4v) is 6.78. The van der Waals surface area contributed by atoms with Gasteiger partial charge >= 0.3 is 77.1 Å². The Bertz CT molecular complexity index is 1520. The number of amides is 5. The first-order chi connectivity index (χ1) is 19.2. The third kappa shape index (κ3) is 7.26. The van der Waals surface area contributed by atoms with Gasteiger partial charge in [0.15, 0.2) is 6.04 Å². The van der Waals surface area contributed by atoms with Crippen LogP contribution in [0.5, 0.6) is 5.75 Å². The first-order valence-corrected chi connectivity index (χ1v) is 13.6. The summed E-state index contributed by atoms with van der Waals surface area (Å²) in [4.78, 5) is 52.2. The van der Waals surface area contributed by atoms with Gasteiger partial charge in [0.05, 0.1) is 25.5 Å². The van der Waals surface area contributed by atoms with Crippen LogP contribution in [0.3, 0.4) is 0 Å². The van der Waals surface area contributed by atoms with Crippen molar-refractivity contribution < 1.29 is 111 Å². The van der Waals surface area contributed by atoms with Crippen molar-refractivity contribution in [2.24, 2.45) is 20.9 Å². The molecule has 4 atom stereocenters. The second-order valence-corrected chi connectivity index (χ2v) is 11.5.